The van der Waals surface area contributed by atoms with Gasteiger partial charge < -0.3 is 15.4 Å². The maximum Gasteiger partial charge on any atom is 0.265 e. The van der Waals surface area contributed by atoms with Gasteiger partial charge in [0, 0.05) is 17.7 Å². The van der Waals surface area contributed by atoms with Crippen molar-refractivity contribution >= 4 is 33.8 Å². The van der Waals surface area contributed by atoms with E-state index < -0.39 is 17.5 Å². The highest BCUT2D eigenvalue weighted by molar-refractivity contribution is 7.18. The molecule has 2 N–H and O–H groups in total. The molecule has 0 unspecified atom stereocenters. The summed E-state index contributed by atoms with van der Waals surface area (Å²) in [6.45, 7) is 0.0188. The lowest BCUT2D eigenvalue weighted by Gasteiger charge is -2.09. The topological polar surface area (TPSA) is 67.4 Å². The minimum Gasteiger partial charge on any atom is -0.486 e. The second kappa shape index (κ2) is 8.62. The molecule has 0 atom stereocenters. The van der Waals surface area contributed by atoms with Gasteiger partial charge in [0.05, 0.1) is 9.88 Å². The SMILES string of the molecule is O=C(Nc1ccc(OCc2cccc(F)c2)c(F)c1)c1ccc(NC(=O)C2CC2)s1. The molecule has 1 saturated carbocycles. The van der Waals surface area contributed by atoms with Crippen LogP contribution in [0.15, 0.2) is 54.6 Å². The Balaban J connectivity index is 1.35. The second-order valence-corrected chi connectivity index (χ2v) is 8.03. The highest BCUT2D eigenvalue weighted by Crippen LogP contribution is 2.32. The molecule has 2 aromatic carbocycles. The molecule has 0 aliphatic heterocycles. The standard InChI is InChI=1S/C22H18F2N2O3S/c23-15-3-1-2-13(10-15)12-29-18-7-6-16(11-17(18)24)25-22(28)19-8-9-20(30-19)26-21(27)14-4-5-14/h1-3,6-11,14H,4-5,12H2,(H,25,28)(H,26,27). The predicted octanol–water partition coefficient (Wildman–Crippen LogP) is 5.21. The summed E-state index contributed by atoms with van der Waals surface area (Å²) in [5.41, 5.74) is 0.849. The van der Waals surface area contributed by atoms with Crippen molar-refractivity contribution in [3.63, 3.8) is 0 Å². The maximum atomic E-state index is 14.3. The number of amides is 2. The maximum absolute atomic E-state index is 14.3. The van der Waals surface area contributed by atoms with E-state index in [9.17, 15) is 18.4 Å². The van der Waals surface area contributed by atoms with E-state index in [1.807, 2.05) is 0 Å². The first-order valence-electron chi connectivity index (χ1n) is 9.37. The quantitative estimate of drug-likeness (QED) is 0.543. The van der Waals surface area contributed by atoms with Crippen LogP contribution in [0.2, 0.25) is 0 Å². The molecule has 0 radical (unpaired) electrons. The van der Waals surface area contributed by atoms with Crippen LogP contribution in [0.1, 0.15) is 28.1 Å². The Kier molecular flexibility index (Phi) is 5.76. The molecule has 2 amide bonds. The number of ether oxygens (including phenoxy) is 1. The third-order valence-electron chi connectivity index (χ3n) is 4.50. The van der Waals surface area contributed by atoms with Crippen molar-refractivity contribution in [1.29, 1.82) is 0 Å². The van der Waals surface area contributed by atoms with Crippen molar-refractivity contribution in [2.75, 3.05) is 10.6 Å². The zero-order valence-electron chi connectivity index (χ0n) is 15.8. The number of carbonyl (C=O) groups excluding carboxylic acids is 2. The van der Waals surface area contributed by atoms with Crippen LogP contribution in [0, 0.1) is 17.6 Å². The number of nitrogens with one attached hydrogen (secondary N) is 2. The number of hydrogen-bond donors (Lipinski definition) is 2. The van der Waals surface area contributed by atoms with E-state index in [1.54, 1.807) is 24.3 Å². The number of benzene rings is 2. The summed E-state index contributed by atoms with van der Waals surface area (Å²) in [7, 11) is 0. The van der Waals surface area contributed by atoms with Gasteiger partial charge in [-0.25, -0.2) is 8.78 Å². The first-order chi connectivity index (χ1) is 14.5. The van der Waals surface area contributed by atoms with Gasteiger partial charge in [0.25, 0.3) is 5.91 Å². The van der Waals surface area contributed by atoms with E-state index in [0.717, 1.165) is 30.2 Å². The van der Waals surface area contributed by atoms with Crippen LogP contribution in [0.5, 0.6) is 5.75 Å². The van der Waals surface area contributed by atoms with Gasteiger partial charge >= 0.3 is 0 Å². The molecule has 8 heteroatoms. The van der Waals surface area contributed by atoms with E-state index in [1.165, 1.54) is 24.3 Å². The summed E-state index contributed by atoms with van der Waals surface area (Å²) >= 11 is 1.15. The fourth-order valence-electron chi connectivity index (χ4n) is 2.77. The van der Waals surface area contributed by atoms with E-state index >= 15 is 0 Å². The molecular weight excluding hydrogens is 410 g/mol. The van der Waals surface area contributed by atoms with Gasteiger partial charge in [-0.1, -0.05) is 12.1 Å². The highest BCUT2D eigenvalue weighted by atomic mass is 32.1. The van der Waals surface area contributed by atoms with Gasteiger partial charge in [0.2, 0.25) is 5.91 Å². The monoisotopic (exact) mass is 428 g/mol. The van der Waals surface area contributed by atoms with Crippen molar-refractivity contribution in [2.45, 2.75) is 19.4 Å². The molecular formula is C22H18F2N2O3S. The lowest BCUT2D eigenvalue weighted by atomic mass is 10.2. The third-order valence-corrected chi connectivity index (χ3v) is 5.50. The van der Waals surface area contributed by atoms with Gasteiger partial charge in [0.15, 0.2) is 11.6 Å². The van der Waals surface area contributed by atoms with Gasteiger partial charge in [-0.3, -0.25) is 9.59 Å². The normalized spacial score (nSPS) is 13.0. The van der Waals surface area contributed by atoms with Crippen LogP contribution < -0.4 is 15.4 Å². The molecule has 1 fully saturated rings. The fourth-order valence-corrected chi connectivity index (χ4v) is 3.58. The summed E-state index contributed by atoms with van der Waals surface area (Å²) < 4.78 is 32.9. The van der Waals surface area contributed by atoms with E-state index in [2.05, 4.69) is 10.6 Å². The molecule has 0 bridgehead atoms. The second-order valence-electron chi connectivity index (χ2n) is 6.95. The fraction of sp³-hybridized carbons (Fsp3) is 0.182. The zero-order chi connectivity index (χ0) is 21.1. The van der Waals surface area contributed by atoms with Crippen LogP contribution in [0.3, 0.4) is 0 Å². The lowest BCUT2D eigenvalue weighted by Crippen LogP contribution is -2.12. The highest BCUT2D eigenvalue weighted by Gasteiger charge is 2.29. The summed E-state index contributed by atoms with van der Waals surface area (Å²) in [4.78, 5) is 24.6. The van der Waals surface area contributed by atoms with Gasteiger partial charge in [0.1, 0.15) is 12.4 Å². The smallest absolute Gasteiger partial charge is 0.265 e. The molecule has 0 spiro atoms. The summed E-state index contributed by atoms with van der Waals surface area (Å²) in [6.07, 6.45) is 1.80. The average molecular weight is 428 g/mol. The van der Waals surface area contributed by atoms with Gasteiger partial charge in [-0.15, -0.1) is 11.3 Å². The predicted molar refractivity (Wildman–Crippen MR) is 111 cm³/mol. The van der Waals surface area contributed by atoms with E-state index in [4.69, 9.17) is 4.74 Å². The van der Waals surface area contributed by atoms with Gasteiger partial charge in [-0.05, 0) is 54.8 Å². The van der Waals surface area contributed by atoms with Crippen LogP contribution in [-0.2, 0) is 11.4 Å². The zero-order valence-corrected chi connectivity index (χ0v) is 16.6. The molecule has 1 heterocycles. The molecule has 5 nitrogen and oxygen atoms in total. The largest absolute Gasteiger partial charge is 0.486 e. The van der Waals surface area contributed by atoms with Crippen LogP contribution in [-0.4, -0.2) is 11.8 Å². The Hall–Kier alpha value is -3.26. The number of hydrogen-bond acceptors (Lipinski definition) is 4. The number of anilines is 2. The Morgan fingerprint density at radius 1 is 1.03 bits per heavy atom. The van der Waals surface area contributed by atoms with Crippen LogP contribution in [0.25, 0.3) is 0 Å². The van der Waals surface area contributed by atoms with Crippen LogP contribution in [0.4, 0.5) is 19.5 Å². The molecule has 4 rings (SSSR count). The molecule has 3 aromatic rings. The molecule has 0 saturated heterocycles. The van der Waals surface area contributed by atoms with Crippen molar-refractivity contribution < 1.29 is 23.1 Å². The average Bonchev–Trinajstić information content (AvgIpc) is 3.47. The Labute approximate surface area is 175 Å². The van der Waals surface area contributed by atoms with Gasteiger partial charge in [-0.2, -0.15) is 0 Å². The van der Waals surface area contributed by atoms with Crippen LogP contribution >= 0.6 is 11.3 Å². The Morgan fingerprint density at radius 3 is 2.60 bits per heavy atom. The minimum atomic E-state index is -0.646. The number of halogens is 2. The summed E-state index contributed by atoms with van der Waals surface area (Å²) in [5, 5.41) is 6.01. The molecule has 30 heavy (non-hydrogen) atoms. The number of carbonyl (C=O) groups is 2. The first-order valence-corrected chi connectivity index (χ1v) is 10.2. The summed E-state index contributed by atoms with van der Waals surface area (Å²) in [6, 6.07) is 13.2. The van der Waals surface area contributed by atoms with Crippen molar-refractivity contribution in [2.24, 2.45) is 5.92 Å². The molecule has 1 aliphatic rings. The minimum absolute atomic E-state index is 0.00143. The number of rotatable bonds is 7. The first kappa shape index (κ1) is 20.0. The molecule has 154 valence electrons. The lowest BCUT2D eigenvalue weighted by molar-refractivity contribution is -0.117. The van der Waals surface area contributed by atoms with Crippen molar-refractivity contribution in [1.82, 2.24) is 0 Å². The molecule has 1 aliphatic carbocycles. The number of thiophene rings is 1. The Morgan fingerprint density at radius 2 is 1.87 bits per heavy atom. The van der Waals surface area contributed by atoms with Crippen molar-refractivity contribution in [3.05, 3.63) is 76.7 Å². The van der Waals surface area contributed by atoms with E-state index in [-0.39, 0.29) is 29.9 Å². The molecule has 1 aromatic heterocycles. The third kappa shape index (κ3) is 5.01. The summed E-state index contributed by atoms with van der Waals surface area (Å²) in [5.74, 6) is -1.39. The van der Waals surface area contributed by atoms with E-state index in [0.29, 0.717) is 15.4 Å². The Bertz CT molecular complexity index is 1100. The van der Waals surface area contributed by atoms with Crippen molar-refractivity contribution in [3.8, 4) is 5.75 Å².